The van der Waals surface area contributed by atoms with Crippen LogP contribution in [0.3, 0.4) is 0 Å². The molecule has 1 heterocycles. The molecule has 0 aliphatic heterocycles. The summed E-state index contributed by atoms with van der Waals surface area (Å²) >= 11 is 0. The first kappa shape index (κ1) is 11.7. The van der Waals surface area contributed by atoms with Gasteiger partial charge in [-0.1, -0.05) is 6.92 Å². The summed E-state index contributed by atoms with van der Waals surface area (Å²) in [7, 11) is 1.58. The normalized spacial score (nSPS) is 10.5. The lowest BCUT2D eigenvalue weighted by Crippen LogP contribution is -2.39. The molecule has 0 radical (unpaired) electrons. The molecule has 0 amide bonds. The van der Waals surface area contributed by atoms with Gasteiger partial charge in [0.15, 0.2) is 0 Å². The van der Waals surface area contributed by atoms with E-state index in [0.29, 0.717) is 6.54 Å². The van der Waals surface area contributed by atoms with Crippen LogP contribution in [0, 0.1) is 0 Å². The van der Waals surface area contributed by atoms with Gasteiger partial charge in [-0.15, -0.1) is 0 Å². The summed E-state index contributed by atoms with van der Waals surface area (Å²) < 4.78 is 2.75. The van der Waals surface area contributed by atoms with Crippen LogP contribution < -0.4 is 16.4 Å². The second kappa shape index (κ2) is 5.50. The van der Waals surface area contributed by atoms with Crippen molar-refractivity contribution in [1.29, 1.82) is 0 Å². The van der Waals surface area contributed by atoms with Gasteiger partial charge in [-0.2, -0.15) is 0 Å². The van der Waals surface area contributed by atoms with E-state index in [1.54, 1.807) is 19.4 Å². The van der Waals surface area contributed by atoms with Crippen molar-refractivity contribution in [3.63, 3.8) is 0 Å². The molecule has 0 spiro atoms. The average Bonchev–Trinajstić information content (AvgIpc) is 2.24. The van der Waals surface area contributed by atoms with Crippen LogP contribution in [0.4, 0.5) is 0 Å². The summed E-state index contributed by atoms with van der Waals surface area (Å²) in [5.41, 5.74) is -0.919. The maximum atomic E-state index is 11.5. The molecule has 0 unspecified atom stereocenters. The highest BCUT2D eigenvalue weighted by Gasteiger charge is 2.00. The lowest BCUT2D eigenvalue weighted by atomic mass is 10.4. The second-order valence-electron chi connectivity index (χ2n) is 3.42. The summed E-state index contributed by atoms with van der Waals surface area (Å²) in [6, 6.07) is 0. The van der Waals surface area contributed by atoms with Gasteiger partial charge < -0.3 is 14.5 Å². The quantitative estimate of drug-likeness (QED) is 0.530. The molecule has 1 N–H and O–H groups in total. The van der Waals surface area contributed by atoms with Gasteiger partial charge in [0.2, 0.25) is 0 Å². The number of nitrogens with zero attached hydrogens (tertiary/aromatic N) is 2. The Labute approximate surface area is 88.4 Å². The van der Waals surface area contributed by atoms with Gasteiger partial charge >= 0.3 is 11.1 Å². The van der Waals surface area contributed by atoms with Crippen LogP contribution in [-0.4, -0.2) is 22.2 Å². The van der Waals surface area contributed by atoms with E-state index >= 15 is 0 Å². The van der Waals surface area contributed by atoms with E-state index in [2.05, 4.69) is 5.32 Å². The van der Waals surface area contributed by atoms with Crippen molar-refractivity contribution < 1.29 is 0 Å². The molecule has 0 aliphatic rings. The zero-order valence-corrected chi connectivity index (χ0v) is 9.19. The topological polar surface area (TPSA) is 56.0 Å². The molecule has 0 saturated heterocycles. The van der Waals surface area contributed by atoms with Crippen LogP contribution in [0.2, 0.25) is 0 Å². The zero-order chi connectivity index (χ0) is 11.3. The van der Waals surface area contributed by atoms with Gasteiger partial charge in [0.25, 0.3) is 0 Å². The largest absolute Gasteiger partial charge is 0.317 e. The van der Waals surface area contributed by atoms with Crippen molar-refractivity contribution in [2.45, 2.75) is 19.9 Å². The highest BCUT2D eigenvalue weighted by atomic mass is 16.2. The Hall–Kier alpha value is -1.36. The Morgan fingerprint density at radius 1 is 1.27 bits per heavy atom. The van der Waals surface area contributed by atoms with Crippen LogP contribution in [0.5, 0.6) is 0 Å². The Morgan fingerprint density at radius 2 is 2.00 bits per heavy atom. The number of hydrogen-bond donors (Lipinski definition) is 1. The molecule has 0 saturated carbocycles. The van der Waals surface area contributed by atoms with Gasteiger partial charge in [0.05, 0.1) is 0 Å². The smallest absolute Gasteiger partial charge is 0.316 e. The van der Waals surface area contributed by atoms with E-state index in [0.717, 1.165) is 19.5 Å². The summed E-state index contributed by atoms with van der Waals surface area (Å²) in [5.74, 6) is 0. The molecular formula is C10H17N3O2. The lowest BCUT2D eigenvalue weighted by molar-refractivity contribution is 0.567. The summed E-state index contributed by atoms with van der Waals surface area (Å²) in [5, 5.41) is 3.17. The molecule has 0 fully saturated rings. The molecule has 5 heteroatoms. The van der Waals surface area contributed by atoms with E-state index in [4.69, 9.17) is 0 Å². The van der Waals surface area contributed by atoms with Gasteiger partial charge in [0.1, 0.15) is 0 Å². The van der Waals surface area contributed by atoms with Gasteiger partial charge in [-0.05, 0) is 19.5 Å². The zero-order valence-electron chi connectivity index (χ0n) is 9.19. The molecule has 84 valence electrons. The van der Waals surface area contributed by atoms with Crippen molar-refractivity contribution in [3.05, 3.63) is 33.1 Å². The van der Waals surface area contributed by atoms with E-state index in [1.807, 2.05) is 6.92 Å². The van der Waals surface area contributed by atoms with Crippen molar-refractivity contribution >= 4 is 0 Å². The first-order chi connectivity index (χ1) is 7.16. The van der Waals surface area contributed by atoms with Crippen LogP contribution in [0.1, 0.15) is 13.3 Å². The Morgan fingerprint density at radius 3 is 2.67 bits per heavy atom. The third kappa shape index (κ3) is 3.06. The third-order valence-corrected chi connectivity index (χ3v) is 2.24. The average molecular weight is 211 g/mol. The minimum atomic E-state index is -0.471. The molecule has 0 aromatic carbocycles. The predicted octanol–water partition coefficient (Wildman–Crippen LogP) is -0.453. The lowest BCUT2D eigenvalue weighted by Gasteiger charge is -2.06. The molecular weight excluding hydrogens is 194 g/mol. The van der Waals surface area contributed by atoms with Crippen LogP contribution in [-0.2, 0) is 13.6 Å². The maximum absolute atomic E-state index is 11.5. The van der Waals surface area contributed by atoms with E-state index in [9.17, 15) is 9.59 Å². The number of aromatic nitrogens is 2. The molecule has 0 atom stereocenters. The standard InChI is InChI=1S/C10H17N3O2/c1-3-11-5-4-6-13-8-7-12(2)9(14)10(13)15/h7-8,11H,3-6H2,1-2H3. The van der Waals surface area contributed by atoms with Crippen molar-refractivity contribution in [1.82, 2.24) is 14.5 Å². The van der Waals surface area contributed by atoms with Crippen LogP contribution >= 0.6 is 0 Å². The molecule has 5 nitrogen and oxygen atoms in total. The number of hydrogen-bond acceptors (Lipinski definition) is 3. The van der Waals surface area contributed by atoms with E-state index in [-0.39, 0.29) is 0 Å². The number of rotatable bonds is 5. The van der Waals surface area contributed by atoms with E-state index in [1.165, 1.54) is 9.13 Å². The first-order valence-corrected chi connectivity index (χ1v) is 5.13. The van der Waals surface area contributed by atoms with Crippen LogP contribution in [0.15, 0.2) is 22.0 Å². The molecule has 1 rings (SSSR count). The molecule has 1 aromatic heterocycles. The van der Waals surface area contributed by atoms with Crippen molar-refractivity contribution in [2.75, 3.05) is 13.1 Å². The monoisotopic (exact) mass is 211 g/mol. The summed E-state index contributed by atoms with van der Waals surface area (Å²) in [6.07, 6.45) is 4.10. The van der Waals surface area contributed by atoms with Crippen molar-refractivity contribution in [3.8, 4) is 0 Å². The highest BCUT2D eigenvalue weighted by Crippen LogP contribution is 1.83. The highest BCUT2D eigenvalue weighted by molar-refractivity contribution is 4.84. The van der Waals surface area contributed by atoms with E-state index < -0.39 is 11.1 Å². The minimum Gasteiger partial charge on any atom is -0.317 e. The fourth-order valence-corrected chi connectivity index (χ4v) is 1.32. The van der Waals surface area contributed by atoms with Gasteiger partial charge in [0, 0.05) is 26.0 Å². The molecule has 15 heavy (non-hydrogen) atoms. The Bertz CT molecular complexity index is 419. The third-order valence-electron chi connectivity index (χ3n) is 2.24. The minimum absolute atomic E-state index is 0.448. The molecule has 1 aromatic rings. The second-order valence-corrected chi connectivity index (χ2v) is 3.42. The molecule has 0 bridgehead atoms. The van der Waals surface area contributed by atoms with Gasteiger partial charge in [-0.25, -0.2) is 0 Å². The number of aryl methyl sites for hydroxylation is 2. The summed E-state index contributed by atoms with van der Waals surface area (Å²) in [4.78, 5) is 22.8. The SMILES string of the molecule is CCNCCCn1ccn(C)c(=O)c1=O. The Kier molecular flexibility index (Phi) is 4.30. The maximum Gasteiger partial charge on any atom is 0.316 e. The number of nitrogens with one attached hydrogen (secondary N) is 1. The van der Waals surface area contributed by atoms with Crippen molar-refractivity contribution in [2.24, 2.45) is 7.05 Å². The first-order valence-electron chi connectivity index (χ1n) is 5.13. The summed E-state index contributed by atoms with van der Waals surface area (Å²) in [6.45, 7) is 4.40. The van der Waals surface area contributed by atoms with Crippen LogP contribution in [0.25, 0.3) is 0 Å². The fourth-order valence-electron chi connectivity index (χ4n) is 1.32. The Balaban J connectivity index is 2.67. The molecule has 0 aliphatic carbocycles. The van der Waals surface area contributed by atoms with Gasteiger partial charge in [-0.3, -0.25) is 9.59 Å². The predicted molar refractivity (Wildman–Crippen MR) is 59.1 cm³/mol. The fraction of sp³-hybridized carbons (Fsp3) is 0.600.